The predicted octanol–water partition coefficient (Wildman–Crippen LogP) is 1.57. The van der Waals surface area contributed by atoms with Crippen molar-refractivity contribution in [2.75, 3.05) is 24.5 Å². The number of likely N-dealkylation sites (tertiary alicyclic amines) is 1. The Kier molecular flexibility index (Phi) is 4.79. The van der Waals surface area contributed by atoms with Crippen molar-refractivity contribution in [3.05, 3.63) is 29.8 Å². The highest BCUT2D eigenvalue weighted by molar-refractivity contribution is 6.11. The van der Waals surface area contributed by atoms with Gasteiger partial charge in [0.25, 0.3) is 0 Å². The third-order valence-corrected chi connectivity index (χ3v) is 5.30. The summed E-state index contributed by atoms with van der Waals surface area (Å²) in [7, 11) is 0. The van der Waals surface area contributed by atoms with Gasteiger partial charge in [-0.05, 0) is 24.5 Å². The number of nitrogens with two attached hydrogens (primary N) is 1. The zero-order valence-electron chi connectivity index (χ0n) is 14.7. The highest BCUT2D eigenvalue weighted by Gasteiger charge is 2.55. The zero-order valence-corrected chi connectivity index (χ0v) is 14.7. The third kappa shape index (κ3) is 3.01. The highest BCUT2D eigenvalue weighted by atomic mass is 16.2. The number of nitrogens with zero attached hydrogens (tertiary/aromatic N) is 2. The fourth-order valence-electron chi connectivity index (χ4n) is 4.01. The number of para-hydroxylation sites is 1. The molecule has 0 aliphatic carbocycles. The summed E-state index contributed by atoms with van der Waals surface area (Å²) in [5, 5.41) is 0. The van der Waals surface area contributed by atoms with Crippen molar-refractivity contribution in [3.8, 4) is 0 Å². The molecule has 25 heavy (non-hydrogen) atoms. The summed E-state index contributed by atoms with van der Waals surface area (Å²) in [6, 6.07) is 7.52. The molecule has 1 fully saturated rings. The van der Waals surface area contributed by atoms with E-state index < -0.39 is 11.3 Å². The van der Waals surface area contributed by atoms with E-state index in [4.69, 9.17) is 5.73 Å². The van der Waals surface area contributed by atoms with Crippen LogP contribution in [0.15, 0.2) is 24.3 Å². The van der Waals surface area contributed by atoms with Crippen LogP contribution in [0.25, 0.3) is 0 Å². The fraction of sp³-hybridized carbons (Fsp3) is 0.526. The van der Waals surface area contributed by atoms with Crippen LogP contribution in [0.1, 0.15) is 44.6 Å². The Morgan fingerprint density at radius 3 is 2.72 bits per heavy atom. The van der Waals surface area contributed by atoms with Gasteiger partial charge in [-0.25, -0.2) is 0 Å². The predicted molar refractivity (Wildman–Crippen MR) is 95.0 cm³/mol. The number of carbonyl (C=O) groups excluding carboxylic acids is 3. The van der Waals surface area contributed by atoms with E-state index in [1.165, 1.54) is 4.90 Å². The quantitative estimate of drug-likeness (QED) is 0.796. The second-order valence-electron chi connectivity index (χ2n) is 6.98. The minimum Gasteiger partial charge on any atom is -0.368 e. The smallest absolute Gasteiger partial charge is 0.240 e. The molecule has 1 atom stereocenters. The molecule has 2 N–H and O–H groups in total. The first kappa shape index (κ1) is 17.5. The third-order valence-electron chi connectivity index (χ3n) is 5.30. The Morgan fingerprint density at radius 2 is 2.00 bits per heavy atom. The van der Waals surface area contributed by atoms with Gasteiger partial charge >= 0.3 is 0 Å². The number of unbranched alkanes of at least 4 members (excludes halogenated alkanes) is 2. The number of fused-ring (bicyclic) bond motifs is 2. The largest absolute Gasteiger partial charge is 0.368 e. The summed E-state index contributed by atoms with van der Waals surface area (Å²) in [6.07, 6.45) is 4.13. The average molecular weight is 343 g/mol. The summed E-state index contributed by atoms with van der Waals surface area (Å²) in [6.45, 7) is 2.96. The molecule has 0 bridgehead atoms. The molecule has 1 aromatic rings. The van der Waals surface area contributed by atoms with E-state index in [0.717, 1.165) is 30.5 Å². The maximum absolute atomic E-state index is 13.1. The number of anilines is 1. The maximum atomic E-state index is 13.1. The van der Waals surface area contributed by atoms with Crippen LogP contribution in [-0.4, -0.2) is 42.3 Å². The lowest BCUT2D eigenvalue weighted by molar-refractivity contribution is -0.131. The van der Waals surface area contributed by atoms with Crippen LogP contribution in [0.5, 0.6) is 0 Å². The van der Waals surface area contributed by atoms with Gasteiger partial charge < -0.3 is 15.5 Å². The molecule has 2 aliphatic heterocycles. The van der Waals surface area contributed by atoms with Gasteiger partial charge in [0.1, 0.15) is 6.54 Å². The first-order chi connectivity index (χ1) is 12.0. The van der Waals surface area contributed by atoms with Crippen LogP contribution in [-0.2, 0) is 19.8 Å². The molecule has 3 amide bonds. The van der Waals surface area contributed by atoms with Crippen molar-refractivity contribution in [2.45, 2.75) is 44.4 Å². The molecule has 1 saturated heterocycles. The van der Waals surface area contributed by atoms with E-state index >= 15 is 0 Å². The summed E-state index contributed by atoms with van der Waals surface area (Å²) in [4.78, 5) is 40.3. The lowest BCUT2D eigenvalue weighted by Gasteiger charge is -2.24. The zero-order chi connectivity index (χ0) is 18.0. The Labute approximate surface area is 148 Å². The second-order valence-corrected chi connectivity index (χ2v) is 6.98. The van der Waals surface area contributed by atoms with Crippen LogP contribution in [0.4, 0.5) is 5.69 Å². The second kappa shape index (κ2) is 6.86. The van der Waals surface area contributed by atoms with Gasteiger partial charge in [0.15, 0.2) is 0 Å². The normalized spacial score (nSPS) is 21.9. The summed E-state index contributed by atoms with van der Waals surface area (Å²) >= 11 is 0. The minimum absolute atomic E-state index is 0.114. The monoisotopic (exact) mass is 343 g/mol. The standard InChI is InChI=1S/C19H25N3O3/c1-2-3-4-9-17(24)21-11-10-19(13-21)14-7-5-6-8-15(14)22(18(19)25)12-16(20)23/h5-8H,2-4,9-13H2,1H3,(H2,20,23)/t19-/m1/s1. The van der Waals surface area contributed by atoms with Crippen LogP contribution in [0.2, 0.25) is 0 Å². The molecule has 6 nitrogen and oxygen atoms in total. The van der Waals surface area contributed by atoms with Gasteiger partial charge in [-0.15, -0.1) is 0 Å². The van der Waals surface area contributed by atoms with Crippen molar-refractivity contribution < 1.29 is 14.4 Å². The Bertz CT molecular complexity index is 703. The van der Waals surface area contributed by atoms with E-state index in [9.17, 15) is 14.4 Å². The number of carbonyl (C=O) groups is 3. The number of primary amides is 1. The molecule has 3 rings (SSSR count). The molecule has 6 heteroatoms. The molecular formula is C19H25N3O3. The van der Waals surface area contributed by atoms with Gasteiger partial charge in [-0.2, -0.15) is 0 Å². The summed E-state index contributed by atoms with van der Waals surface area (Å²) in [5.74, 6) is -0.536. The van der Waals surface area contributed by atoms with Gasteiger partial charge in [0.2, 0.25) is 17.7 Å². The van der Waals surface area contributed by atoms with Crippen LogP contribution < -0.4 is 10.6 Å². The van der Waals surface area contributed by atoms with E-state index in [2.05, 4.69) is 6.92 Å². The van der Waals surface area contributed by atoms with Gasteiger partial charge in [0.05, 0.1) is 5.41 Å². The number of rotatable bonds is 6. The minimum atomic E-state index is -0.730. The SMILES string of the molecule is CCCCCC(=O)N1CC[C@]2(C1)C(=O)N(CC(N)=O)c1ccccc12. The molecule has 0 radical (unpaired) electrons. The van der Waals surface area contributed by atoms with E-state index in [1.807, 2.05) is 24.3 Å². The Morgan fingerprint density at radius 1 is 1.24 bits per heavy atom. The van der Waals surface area contributed by atoms with Gasteiger partial charge in [0, 0.05) is 25.2 Å². The van der Waals surface area contributed by atoms with Crippen molar-refractivity contribution >= 4 is 23.4 Å². The van der Waals surface area contributed by atoms with E-state index in [0.29, 0.717) is 25.9 Å². The van der Waals surface area contributed by atoms with Gasteiger partial charge in [-0.1, -0.05) is 38.0 Å². The average Bonchev–Trinajstić information content (AvgIpc) is 3.13. The first-order valence-electron chi connectivity index (χ1n) is 8.97. The Hall–Kier alpha value is -2.37. The van der Waals surface area contributed by atoms with Crippen LogP contribution in [0.3, 0.4) is 0 Å². The van der Waals surface area contributed by atoms with Crippen molar-refractivity contribution in [1.29, 1.82) is 0 Å². The van der Waals surface area contributed by atoms with Crippen LogP contribution in [0, 0.1) is 0 Å². The van der Waals surface area contributed by atoms with Crippen molar-refractivity contribution in [3.63, 3.8) is 0 Å². The lowest BCUT2D eigenvalue weighted by Crippen LogP contribution is -2.45. The Balaban J connectivity index is 1.83. The number of hydrogen-bond donors (Lipinski definition) is 1. The molecule has 0 saturated carbocycles. The summed E-state index contributed by atoms with van der Waals surface area (Å²) < 4.78 is 0. The molecule has 2 aliphatic rings. The molecule has 0 aromatic heterocycles. The molecule has 0 unspecified atom stereocenters. The maximum Gasteiger partial charge on any atom is 0.240 e. The lowest BCUT2D eigenvalue weighted by atomic mass is 9.81. The first-order valence-corrected chi connectivity index (χ1v) is 8.97. The van der Waals surface area contributed by atoms with E-state index in [-0.39, 0.29) is 18.4 Å². The fourth-order valence-corrected chi connectivity index (χ4v) is 4.01. The van der Waals surface area contributed by atoms with Crippen molar-refractivity contribution in [1.82, 2.24) is 4.90 Å². The topological polar surface area (TPSA) is 83.7 Å². The molecular weight excluding hydrogens is 318 g/mol. The highest BCUT2D eigenvalue weighted by Crippen LogP contribution is 2.47. The van der Waals surface area contributed by atoms with Crippen LogP contribution >= 0.6 is 0 Å². The molecule has 134 valence electrons. The molecule has 2 heterocycles. The van der Waals surface area contributed by atoms with Gasteiger partial charge in [-0.3, -0.25) is 14.4 Å². The number of amides is 3. The molecule has 1 spiro atoms. The van der Waals surface area contributed by atoms with E-state index in [1.54, 1.807) is 4.90 Å². The summed E-state index contributed by atoms with van der Waals surface area (Å²) in [5.41, 5.74) is 6.24. The number of benzene rings is 1. The molecule has 1 aromatic carbocycles. The van der Waals surface area contributed by atoms with Crippen molar-refractivity contribution in [2.24, 2.45) is 5.73 Å². The number of hydrogen-bond acceptors (Lipinski definition) is 3.